The van der Waals surface area contributed by atoms with Gasteiger partial charge < -0.3 is 5.32 Å². The van der Waals surface area contributed by atoms with E-state index in [1.807, 2.05) is 25.3 Å². The topological polar surface area (TPSA) is 24.9 Å². The number of aryl methyl sites for hydroxylation is 2. The van der Waals surface area contributed by atoms with Gasteiger partial charge in [0, 0.05) is 20.8 Å². The molecule has 86 valence electrons. The second-order valence-electron chi connectivity index (χ2n) is 3.71. The third kappa shape index (κ3) is 2.34. The van der Waals surface area contributed by atoms with Gasteiger partial charge in [0.15, 0.2) is 0 Å². The minimum atomic E-state index is 0.254. The van der Waals surface area contributed by atoms with Crippen molar-refractivity contribution < 1.29 is 0 Å². The van der Waals surface area contributed by atoms with E-state index in [0.29, 0.717) is 0 Å². The van der Waals surface area contributed by atoms with E-state index in [4.69, 9.17) is 0 Å². The maximum absolute atomic E-state index is 4.56. The molecule has 0 aliphatic carbocycles. The van der Waals surface area contributed by atoms with Crippen molar-refractivity contribution >= 4 is 22.7 Å². The zero-order valence-corrected chi connectivity index (χ0v) is 11.4. The summed E-state index contributed by atoms with van der Waals surface area (Å²) < 4.78 is 0. The van der Waals surface area contributed by atoms with Crippen LogP contribution in [-0.2, 0) is 6.42 Å². The van der Waals surface area contributed by atoms with Crippen LogP contribution < -0.4 is 5.32 Å². The van der Waals surface area contributed by atoms with Gasteiger partial charge in [-0.15, -0.1) is 22.7 Å². The maximum Gasteiger partial charge on any atom is 0.115 e. The summed E-state index contributed by atoms with van der Waals surface area (Å²) in [7, 11) is 1.99. The van der Waals surface area contributed by atoms with Crippen LogP contribution in [0.1, 0.15) is 33.4 Å². The van der Waals surface area contributed by atoms with Crippen LogP contribution in [0.25, 0.3) is 0 Å². The Morgan fingerprint density at radius 2 is 2.25 bits per heavy atom. The van der Waals surface area contributed by atoms with E-state index in [2.05, 4.69) is 34.7 Å². The molecule has 2 nitrogen and oxygen atoms in total. The van der Waals surface area contributed by atoms with Crippen molar-refractivity contribution in [1.29, 1.82) is 0 Å². The van der Waals surface area contributed by atoms with Crippen LogP contribution in [0.2, 0.25) is 0 Å². The first-order valence-corrected chi connectivity index (χ1v) is 7.12. The van der Waals surface area contributed by atoms with Gasteiger partial charge in [-0.3, -0.25) is 0 Å². The summed E-state index contributed by atoms with van der Waals surface area (Å²) in [6.45, 7) is 4.23. The zero-order chi connectivity index (χ0) is 11.5. The van der Waals surface area contributed by atoms with E-state index < -0.39 is 0 Å². The molecule has 0 saturated heterocycles. The lowest BCUT2D eigenvalue weighted by molar-refractivity contribution is 0.696. The predicted molar refractivity (Wildman–Crippen MR) is 71.5 cm³/mol. The number of hydrogen-bond donors (Lipinski definition) is 1. The number of aromatic nitrogens is 1. The van der Waals surface area contributed by atoms with Crippen molar-refractivity contribution in [2.45, 2.75) is 26.3 Å². The van der Waals surface area contributed by atoms with E-state index in [1.165, 1.54) is 9.75 Å². The fourth-order valence-corrected chi connectivity index (χ4v) is 3.69. The molecule has 0 radical (unpaired) electrons. The molecule has 0 spiro atoms. The fourth-order valence-electron chi connectivity index (χ4n) is 1.63. The van der Waals surface area contributed by atoms with Gasteiger partial charge in [0.25, 0.3) is 0 Å². The van der Waals surface area contributed by atoms with Crippen molar-refractivity contribution in [3.05, 3.63) is 38.0 Å². The van der Waals surface area contributed by atoms with Crippen LogP contribution >= 0.6 is 22.7 Å². The Hall–Kier alpha value is -0.710. The Bertz CT molecular complexity index is 459. The summed E-state index contributed by atoms with van der Waals surface area (Å²) in [5, 5.41) is 6.61. The van der Waals surface area contributed by atoms with Gasteiger partial charge in [0.2, 0.25) is 0 Å². The van der Waals surface area contributed by atoms with E-state index in [9.17, 15) is 0 Å². The molecule has 0 amide bonds. The van der Waals surface area contributed by atoms with Crippen molar-refractivity contribution in [3.63, 3.8) is 0 Å². The first-order valence-electron chi connectivity index (χ1n) is 5.42. The van der Waals surface area contributed by atoms with E-state index in [0.717, 1.165) is 17.1 Å². The summed E-state index contributed by atoms with van der Waals surface area (Å²) in [5.74, 6) is 0. The summed E-state index contributed by atoms with van der Waals surface area (Å²) in [6, 6.07) is 4.68. The molecule has 1 N–H and O–H groups in total. The SMILES string of the molecule is CCc1ccc(C(NC)c2nc(C)cs2)s1. The third-order valence-corrected chi connectivity index (χ3v) is 4.81. The average Bonchev–Trinajstić information content (AvgIpc) is 2.89. The molecule has 0 bridgehead atoms. The minimum Gasteiger partial charge on any atom is -0.307 e. The molecule has 0 aromatic carbocycles. The molecule has 0 aliphatic heterocycles. The Balaban J connectivity index is 2.28. The van der Waals surface area contributed by atoms with Crippen LogP contribution in [0.3, 0.4) is 0 Å². The largest absolute Gasteiger partial charge is 0.307 e. The van der Waals surface area contributed by atoms with Crippen LogP contribution in [-0.4, -0.2) is 12.0 Å². The Morgan fingerprint density at radius 3 is 2.75 bits per heavy atom. The second kappa shape index (κ2) is 5.08. The van der Waals surface area contributed by atoms with Crippen LogP contribution in [0.5, 0.6) is 0 Å². The van der Waals surface area contributed by atoms with Crippen molar-refractivity contribution in [2.24, 2.45) is 0 Å². The number of rotatable bonds is 4. The lowest BCUT2D eigenvalue weighted by Gasteiger charge is -2.10. The summed E-state index contributed by atoms with van der Waals surface area (Å²) >= 11 is 3.60. The minimum absolute atomic E-state index is 0.254. The molecule has 2 aromatic heterocycles. The van der Waals surface area contributed by atoms with Gasteiger partial charge in [-0.25, -0.2) is 4.98 Å². The quantitative estimate of drug-likeness (QED) is 0.902. The predicted octanol–water partition coefficient (Wildman–Crippen LogP) is 3.38. The molecule has 0 saturated carbocycles. The van der Waals surface area contributed by atoms with Crippen molar-refractivity contribution in [2.75, 3.05) is 7.05 Å². The van der Waals surface area contributed by atoms with Gasteiger partial charge in [0.05, 0.1) is 6.04 Å². The number of hydrogen-bond acceptors (Lipinski definition) is 4. The van der Waals surface area contributed by atoms with Crippen LogP contribution in [0.15, 0.2) is 17.5 Å². The highest BCUT2D eigenvalue weighted by Gasteiger charge is 2.16. The molecule has 0 aliphatic rings. The van der Waals surface area contributed by atoms with Crippen molar-refractivity contribution in [3.8, 4) is 0 Å². The smallest absolute Gasteiger partial charge is 0.115 e. The first kappa shape index (κ1) is 11.8. The number of nitrogens with zero attached hydrogens (tertiary/aromatic N) is 1. The first-order chi connectivity index (χ1) is 7.74. The lowest BCUT2D eigenvalue weighted by Crippen LogP contribution is -2.16. The number of thiazole rings is 1. The van der Waals surface area contributed by atoms with Gasteiger partial charge in [-0.05, 0) is 32.5 Å². The Labute approximate surface area is 104 Å². The Kier molecular flexibility index (Phi) is 3.74. The maximum atomic E-state index is 4.56. The van der Waals surface area contributed by atoms with Crippen LogP contribution in [0.4, 0.5) is 0 Å². The van der Waals surface area contributed by atoms with Gasteiger partial charge in [-0.2, -0.15) is 0 Å². The average molecular weight is 252 g/mol. The normalized spacial score (nSPS) is 12.9. The molecule has 4 heteroatoms. The lowest BCUT2D eigenvalue weighted by atomic mass is 10.2. The number of nitrogens with one attached hydrogen (secondary N) is 1. The summed E-state index contributed by atoms with van der Waals surface area (Å²) in [4.78, 5) is 7.35. The highest BCUT2D eigenvalue weighted by molar-refractivity contribution is 7.12. The van der Waals surface area contributed by atoms with Crippen molar-refractivity contribution in [1.82, 2.24) is 10.3 Å². The van der Waals surface area contributed by atoms with E-state index in [-0.39, 0.29) is 6.04 Å². The van der Waals surface area contributed by atoms with E-state index >= 15 is 0 Å². The van der Waals surface area contributed by atoms with Gasteiger partial charge in [0.1, 0.15) is 5.01 Å². The van der Waals surface area contributed by atoms with E-state index in [1.54, 1.807) is 11.3 Å². The fraction of sp³-hybridized carbons (Fsp3) is 0.417. The molecule has 2 rings (SSSR count). The van der Waals surface area contributed by atoms with Crippen LogP contribution in [0, 0.1) is 6.92 Å². The Morgan fingerprint density at radius 1 is 1.44 bits per heavy atom. The summed E-state index contributed by atoms with van der Waals surface area (Å²) in [5.41, 5.74) is 1.10. The highest BCUT2D eigenvalue weighted by Crippen LogP contribution is 2.30. The van der Waals surface area contributed by atoms with Gasteiger partial charge >= 0.3 is 0 Å². The molecule has 16 heavy (non-hydrogen) atoms. The molecule has 1 atom stereocenters. The second-order valence-corrected chi connectivity index (χ2v) is 5.80. The summed E-state index contributed by atoms with van der Waals surface area (Å²) in [6.07, 6.45) is 1.11. The third-order valence-electron chi connectivity index (χ3n) is 2.49. The number of thiophene rings is 1. The van der Waals surface area contributed by atoms with Gasteiger partial charge in [-0.1, -0.05) is 6.92 Å². The molecule has 1 unspecified atom stereocenters. The molecular weight excluding hydrogens is 236 g/mol. The molecular formula is C12H16N2S2. The molecule has 0 fully saturated rings. The monoisotopic (exact) mass is 252 g/mol. The molecule has 2 heterocycles. The highest BCUT2D eigenvalue weighted by atomic mass is 32.1. The molecule has 2 aromatic rings. The zero-order valence-electron chi connectivity index (χ0n) is 9.78. The standard InChI is InChI=1S/C12H16N2S2/c1-4-9-5-6-10(16-9)11(13-3)12-14-8(2)7-15-12/h5-7,11,13H,4H2,1-3H3.